The van der Waals surface area contributed by atoms with Gasteiger partial charge in [-0.25, -0.2) is 0 Å². The number of carbonyl (C=O) groups is 2. The quantitative estimate of drug-likeness (QED) is 0.610. The molecule has 1 amide bonds. The molecule has 17 heavy (non-hydrogen) atoms. The number of hydrogen-bond acceptors (Lipinski definition) is 4. The number of carboxylic acid groups (broad SMARTS) is 1. The fourth-order valence-electron chi connectivity index (χ4n) is 1.68. The first-order valence-corrected chi connectivity index (χ1v) is 5.78. The molecule has 1 unspecified atom stereocenters. The molecule has 1 fully saturated rings. The van der Waals surface area contributed by atoms with Crippen LogP contribution in [0.1, 0.15) is 19.3 Å². The van der Waals surface area contributed by atoms with Crippen LogP contribution in [0.4, 0.5) is 0 Å². The zero-order valence-corrected chi connectivity index (χ0v) is 10.1. The minimum absolute atomic E-state index is 0.138. The normalized spacial score (nSPS) is 16.6. The van der Waals surface area contributed by atoms with E-state index in [1.807, 2.05) is 0 Å². The number of rotatable bonds is 8. The molecular formula is C11H20N2O4. The van der Waals surface area contributed by atoms with Crippen LogP contribution in [0.2, 0.25) is 0 Å². The van der Waals surface area contributed by atoms with E-state index in [0.29, 0.717) is 19.1 Å². The number of ether oxygens (including phenoxy) is 1. The van der Waals surface area contributed by atoms with Crippen LogP contribution in [0.3, 0.4) is 0 Å². The van der Waals surface area contributed by atoms with Crippen LogP contribution in [0.15, 0.2) is 0 Å². The van der Waals surface area contributed by atoms with E-state index >= 15 is 0 Å². The summed E-state index contributed by atoms with van der Waals surface area (Å²) in [4.78, 5) is 23.8. The summed E-state index contributed by atoms with van der Waals surface area (Å²) in [6.45, 7) is 0.330. The molecule has 6 nitrogen and oxygen atoms in total. The molecule has 0 aromatic rings. The fourth-order valence-corrected chi connectivity index (χ4v) is 1.68. The summed E-state index contributed by atoms with van der Waals surface area (Å²) in [6, 6.07) is -0.138. The molecule has 3 N–H and O–H groups in total. The van der Waals surface area contributed by atoms with Gasteiger partial charge in [-0.05, 0) is 18.8 Å². The number of nitrogens with two attached hydrogens (primary N) is 1. The molecule has 0 spiro atoms. The predicted molar refractivity (Wildman–Crippen MR) is 61.4 cm³/mol. The molecule has 0 bridgehead atoms. The van der Waals surface area contributed by atoms with Crippen molar-refractivity contribution in [1.82, 2.24) is 4.90 Å². The molecule has 1 aliphatic rings. The van der Waals surface area contributed by atoms with Crippen LogP contribution >= 0.6 is 0 Å². The van der Waals surface area contributed by atoms with Crippen molar-refractivity contribution in [3.63, 3.8) is 0 Å². The van der Waals surface area contributed by atoms with E-state index in [4.69, 9.17) is 15.6 Å². The third kappa shape index (κ3) is 5.14. The number of aliphatic carboxylic acids is 1. The van der Waals surface area contributed by atoms with Crippen molar-refractivity contribution < 1.29 is 19.4 Å². The van der Waals surface area contributed by atoms with E-state index in [2.05, 4.69) is 0 Å². The van der Waals surface area contributed by atoms with Crippen molar-refractivity contribution >= 4 is 11.9 Å². The Morgan fingerprint density at radius 2 is 2.18 bits per heavy atom. The molecule has 6 heteroatoms. The van der Waals surface area contributed by atoms with Crippen LogP contribution in [0, 0.1) is 5.92 Å². The van der Waals surface area contributed by atoms with E-state index < -0.39 is 5.97 Å². The molecule has 98 valence electrons. The molecule has 1 rings (SSSR count). The van der Waals surface area contributed by atoms with E-state index in [9.17, 15) is 9.59 Å². The summed E-state index contributed by atoms with van der Waals surface area (Å²) in [6.07, 6.45) is 2.37. The Kier molecular flexibility index (Phi) is 5.37. The second kappa shape index (κ2) is 6.56. The number of methoxy groups -OCH3 is 1. The van der Waals surface area contributed by atoms with Gasteiger partial charge in [-0.15, -0.1) is 0 Å². The van der Waals surface area contributed by atoms with Gasteiger partial charge in [0.05, 0.1) is 6.61 Å². The lowest BCUT2D eigenvalue weighted by Crippen LogP contribution is -2.41. The molecule has 0 aliphatic heterocycles. The van der Waals surface area contributed by atoms with Gasteiger partial charge in [0.2, 0.25) is 5.91 Å². The fraction of sp³-hybridized carbons (Fsp3) is 0.818. The average Bonchev–Trinajstić information content (AvgIpc) is 3.06. The van der Waals surface area contributed by atoms with Crippen molar-refractivity contribution in [3.05, 3.63) is 0 Å². The lowest BCUT2D eigenvalue weighted by molar-refractivity contribution is -0.145. The molecule has 0 saturated heterocycles. The highest BCUT2D eigenvalue weighted by atomic mass is 16.5. The average molecular weight is 244 g/mol. The lowest BCUT2D eigenvalue weighted by atomic mass is 10.1. The standard InChI is InChI=1S/C11H20N2O4/c1-17-5-4-13(7-11(15)16)10(14)6-9(12)8-2-3-8/h8-9H,2-7,12H2,1H3,(H,15,16). The molecule has 0 heterocycles. The topological polar surface area (TPSA) is 92.9 Å². The summed E-state index contributed by atoms with van der Waals surface area (Å²) in [5.74, 6) is -0.786. The van der Waals surface area contributed by atoms with Crippen molar-refractivity contribution in [3.8, 4) is 0 Å². The molecule has 1 atom stereocenters. The second-order valence-electron chi connectivity index (χ2n) is 4.41. The summed E-state index contributed by atoms with van der Waals surface area (Å²) in [7, 11) is 1.51. The van der Waals surface area contributed by atoms with Gasteiger partial charge < -0.3 is 20.5 Å². The summed E-state index contributed by atoms with van der Waals surface area (Å²) in [5.41, 5.74) is 5.85. The number of nitrogens with zero attached hydrogens (tertiary/aromatic N) is 1. The van der Waals surface area contributed by atoms with Gasteiger partial charge in [-0.3, -0.25) is 9.59 Å². The molecular weight excluding hydrogens is 224 g/mol. The minimum atomic E-state index is -1.02. The maximum atomic E-state index is 11.9. The molecule has 1 aliphatic carbocycles. The first-order chi connectivity index (χ1) is 8.04. The zero-order chi connectivity index (χ0) is 12.8. The lowest BCUT2D eigenvalue weighted by Gasteiger charge is -2.22. The van der Waals surface area contributed by atoms with Crippen LogP contribution < -0.4 is 5.73 Å². The Hall–Kier alpha value is -1.14. The zero-order valence-electron chi connectivity index (χ0n) is 10.1. The van der Waals surface area contributed by atoms with Gasteiger partial charge in [0.15, 0.2) is 0 Å². The largest absolute Gasteiger partial charge is 0.480 e. The summed E-state index contributed by atoms with van der Waals surface area (Å²) < 4.78 is 4.85. The highest BCUT2D eigenvalue weighted by molar-refractivity contribution is 5.81. The Morgan fingerprint density at radius 1 is 1.53 bits per heavy atom. The first-order valence-electron chi connectivity index (χ1n) is 5.78. The Labute approximate surface area is 101 Å². The maximum absolute atomic E-state index is 11.9. The van der Waals surface area contributed by atoms with Gasteiger partial charge in [0.25, 0.3) is 0 Å². The Bertz CT molecular complexity index is 279. The van der Waals surface area contributed by atoms with Crippen molar-refractivity contribution in [2.75, 3.05) is 26.8 Å². The predicted octanol–water partition coefficient (Wildman–Crippen LogP) is -0.327. The van der Waals surface area contributed by atoms with Crippen molar-refractivity contribution in [2.24, 2.45) is 11.7 Å². The molecule has 0 radical (unpaired) electrons. The number of amides is 1. The monoisotopic (exact) mass is 244 g/mol. The van der Waals surface area contributed by atoms with Gasteiger partial charge in [0.1, 0.15) is 6.54 Å². The van der Waals surface area contributed by atoms with Crippen molar-refractivity contribution in [2.45, 2.75) is 25.3 Å². The van der Waals surface area contributed by atoms with E-state index in [1.54, 1.807) is 0 Å². The SMILES string of the molecule is COCCN(CC(=O)O)C(=O)CC(N)C1CC1. The van der Waals surface area contributed by atoms with Crippen LogP contribution in [0.25, 0.3) is 0 Å². The third-order valence-corrected chi connectivity index (χ3v) is 2.88. The van der Waals surface area contributed by atoms with Crippen LogP contribution in [-0.2, 0) is 14.3 Å². The van der Waals surface area contributed by atoms with Gasteiger partial charge >= 0.3 is 5.97 Å². The van der Waals surface area contributed by atoms with Crippen LogP contribution in [0.5, 0.6) is 0 Å². The van der Waals surface area contributed by atoms with Crippen molar-refractivity contribution in [1.29, 1.82) is 0 Å². The van der Waals surface area contributed by atoms with E-state index in [0.717, 1.165) is 12.8 Å². The number of carboxylic acids is 1. The number of carbonyl (C=O) groups excluding carboxylic acids is 1. The minimum Gasteiger partial charge on any atom is -0.480 e. The molecule has 1 saturated carbocycles. The van der Waals surface area contributed by atoms with Crippen LogP contribution in [-0.4, -0.2) is 54.7 Å². The summed E-state index contributed by atoms with van der Waals surface area (Å²) in [5, 5.41) is 8.72. The summed E-state index contributed by atoms with van der Waals surface area (Å²) >= 11 is 0. The highest BCUT2D eigenvalue weighted by Gasteiger charge is 2.31. The number of hydrogen-bond donors (Lipinski definition) is 2. The van der Waals surface area contributed by atoms with Gasteiger partial charge in [-0.2, -0.15) is 0 Å². The maximum Gasteiger partial charge on any atom is 0.323 e. The first kappa shape index (κ1) is 13.9. The second-order valence-corrected chi connectivity index (χ2v) is 4.41. The Morgan fingerprint density at radius 3 is 2.65 bits per heavy atom. The molecule has 0 aromatic carbocycles. The highest BCUT2D eigenvalue weighted by Crippen LogP contribution is 2.32. The third-order valence-electron chi connectivity index (χ3n) is 2.88. The van der Waals surface area contributed by atoms with Gasteiger partial charge in [0, 0.05) is 26.1 Å². The smallest absolute Gasteiger partial charge is 0.323 e. The van der Waals surface area contributed by atoms with E-state index in [-0.39, 0.29) is 24.9 Å². The van der Waals surface area contributed by atoms with Gasteiger partial charge in [-0.1, -0.05) is 0 Å². The molecule has 0 aromatic heterocycles. The van der Waals surface area contributed by atoms with E-state index in [1.165, 1.54) is 12.0 Å². The Balaban J connectivity index is 2.42.